The monoisotopic (exact) mass is 631 g/mol. The van der Waals surface area contributed by atoms with Crippen LogP contribution in [0.2, 0.25) is 5.02 Å². The molecule has 3 N–H and O–H groups in total. The number of nitrogens with one attached hydrogen (secondary N) is 3. The van der Waals surface area contributed by atoms with Crippen molar-refractivity contribution in [2.24, 2.45) is 0 Å². The van der Waals surface area contributed by atoms with Gasteiger partial charge < -0.3 is 20.3 Å². The number of halogens is 1. The smallest absolute Gasteiger partial charge is 0.328 e. The summed E-state index contributed by atoms with van der Waals surface area (Å²) in [5.41, 5.74) is 6.72. The van der Waals surface area contributed by atoms with E-state index < -0.39 is 0 Å². The first-order valence-corrected chi connectivity index (χ1v) is 15.3. The number of nitrogens with zero attached hydrogens (tertiary/aromatic N) is 4. The van der Waals surface area contributed by atoms with Crippen molar-refractivity contribution in [3.05, 3.63) is 129 Å². The number of benzene rings is 3. The molecule has 0 aliphatic carbocycles. The molecule has 3 aromatic carbocycles. The number of hydrogen-bond donors (Lipinski definition) is 3. The largest absolute Gasteiger partial charge is 0.345 e. The molecule has 1 aliphatic heterocycles. The maximum Gasteiger partial charge on any atom is 0.345 e. The lowest BCUT2D eigenvalue weighted by Gasteiger charge is -2.36. The Bertz CT molecular complexity index is 2210. The fourth-order valence-electron chi connectivity index (χ4n) is 5.97. The zero-order valence-corrected chi connectivity index (χ0v) is 25.6. The number of pyridine rings is 2. The Morgan fingerprint density at radius 2 is 1.72 bits per heavy atom. The quantitative estimate of drug-likeness (QED) is 0.210. The predicted octanol–water partition coefficient (Wildman–Crippen LogP) is 5.13. The average molecular weight is 632 g/mol. The number of aromatic nitrogens is 4. The van der Waals surface area contributed by atoms with Crippen LogP contribution in [-0.4, -0.2) is 56.6 Å². The second-order valence-corrected chi connectivity index (χ2v) is 11.6. The van der Waals surface area contributed by atoms with E-state index in [0.717, 1.165) is 47.6 Å². The summed E-state index contributed by atoms with van der Waals surface area (Å²) >= 11 is 6.34. The maximum absolute atomic E-state index is 12.9. The van der Waals surface area contributed by atoms with E-state index in [0.29, 0.717) is 45.7 Å². The van der Waals surface area contributed by atoms with E-state index in [1.807, 2.05) is 47.5 Å². The third-order valence-corrected chi connectivity index (χ3v) is 8.61. The van der Waals surface area contributed by atoms with Gasteiger partial charge >= 0.3 is 5.69 Å². The average Bonchev–Trinajstić information content (AvgIpc) is 3.39. The summed E-state index contributed by atoms with van der Waals surface area (Å²) in [5.74, 6) is -0.380. The fraction of sp³-hybridized carbons (Fsp3) is 0.143. The van der Waals surface area contributed by atoms with Crippen molar-refractivity contribution in [2.45, 2.75) is 6.54 Å². The van der Waals surface area contributed by atoms with E-state index in [1.165, 1.54) is 6.08 Å². The summed E-state index contributed by atoms with van der Waals surface area (Å²) in [6.07, 6.45) is 2.79. The number of H-pyrrole nitrogens is 2. The van der Waals surface area contributed by atoms with Gasteiger partial charge in [-0.2, -0.15) is 0 Å². The van der Waals surface area contributed by atoms with Gasteiger partial charge in [-0.05, 0) is 41.5 Å². The summed E-state index contributed by atoms with van der Waals surface area (Å²) in [7, 11) is 0. The van der Waals surface area contributed by atoms with Gasteiger partial charge in [0.2, 0.25) is 5.91 Å². The first kappa shape index (κ1) is 29.3. The lowest BCUT2D eigenvalue weighted by molar-refractivity contribution is -0.111. The number of fused-ring (bicyclic) bond motifs is 2. The molecule has 4 heterocycles. The zero-order valence-electron chi connectivity index (χ0n) is 24.8. The highest BCUT2D eigenvalue weighted by Gasteiger charge is 2.22. The number of amides is 1. The number of piperazine rings is 1. The molecule has 7 rings (SSSR count). The van der Waals surface area contributed by atoms with Crippen molar-refractivity contribution in [1.29, 1.82) is 0 Å². The Morgan fingerprint density at radius 1 is 0.957 bits per heavy atom. The summed E-state index contributed by atoms with van der Waals surface area (Å²) in [4.78, 5) is 50.2. The second-order valence-electron chi connectivity index (χ2n) is 11.2. The van der Waals surface area contributed by atoms with Crippen molar-refractivity contribution >= 4 is 45.1 Å². The van der Waals surface area contributed by atoms with E-state index in [-0.39, 0.29) is 17.2 Å². The van der Waals surface area contributed by atoms with Crippen LogP contribution in [0.25, 0.3) is 44.3 Å². The minimum atomic E-state index is -0.380. The van der Waals surface area contributed by atoms with Crippen molar-refractivity contribution in [3.8, 4) is 22.4 Å². The zero-order chi connectivity index (χ0) is 31.8. The number of rotatable bonds is 7. The standard InChI is InChI=1S/C35H30ClN7O3/c1-2-32(44)38-29-20-31-30(19-27(29)36)40-35(46)43(31)42-16-14-41(15-17-42)21-22-8-10-24(11-9-22)33-25(23-6-4-3-5-7-23)18-26-28(39-33)12-13-37-34(26)45/h2-13,18-20H,1,14-17,21H2,(H,37,45)(H,38,44)(H,40,46). The molecule has 1 aliphatic rings. The number of carbonyl (C=O) groups excluding carboxylic acids is 1. The van der Waals surface area contributed by atoms with Crippen LogP contribution in [-0.2, 0) is 11.3 Å². The Balaban J connectivity index is 1.09. The third-order valence-electron chi connectivity index (χ3n) is 8.29. The van der Waals surface area contributed by atoms with Gasteiger partial charge in [0, 0.05) is 50.0 Å². The molecule has 0 spiro atoms. The number of imidazole rings is 1. The molecule has 1 fully saturated rings. The van der Waals surface area contributed by atoms with Crippen LogP contribution in [0.3, 0.4) is 0 Å². The van der Waals surface area contributed by atoms with Crippen LogP contribution >= 0.6 is 11.6 Å². The Kier molecular flexibility index (Phi) is 7.73. The molecule has 0 unspecified atom stereocenters. The van der Waals surface area contributed by atoms with Gasteiger partial charge in [-0.15, -0.1) is 0 Å². The molecular weight excluding hydrogens is 602 g/mol. The van der Waals surface area contributed by atoms with Crippen molar-refractivity contribution in [2.75, 3.05) is 36.5 Å². The number of anilines is 1. The maximum atomic E-state index is 12.9. The molecule has 0 radical (unpaired) electrons. The van der Waals surface area contributed by atoms with Crippen LogP contribution < -0.4 is 21.6 Å². The predicted molar refractivity (Wildman–Crippen MR) is 183 cm³/mol. The molecule has 0 atom stereocenters. The van der Waals surface area contributed by atoms with Gasteiger partial charge in [0.1, 0.15) is 0 Å². The van der Waals surface area contributed by atoms with Crippen LogP contribution in [0, 0.1) is 0 Å². The van der Waals surface area contributed by atoms with E-state index in [2.05, 4.69) is 51.0 Å². The highest BCUT2D eigenvalue weighted by Crippen LogP contribution is 2.33. The molecule has 1 amide bonds. The molecule has 0 bridgehead atoms. The van der Waals surface area contributed by atoms with Crippen molar-refractivity contribution in [1.82, 2.24) is 24.5 Å². The van der Waals surface area contributed by atoms with Crippen LogP contribution in [0.1, 0.15) is 5.56 Å². The first-order chi connectivity index (χ1) is 22.4. The highest BCUT2D eigenvalue weighted by atomic mass is 35.5. The first-order valence-electron chi connectivity index (χ1n) is 14.9. The van der Waals surface area contributed by atoms with Gasteiger partial charge in [-0.3, -0.25) is 14.5 Å². The van der Waals surface area contributed by atoms with E-state index in [1.54, 1.807) is 23.0 Å². The van der Waals surface area contributed by atoms with E-state index >= 15 is 0 Å². The number of carbonyl (C=O) groups is 1. The summed E-state index contributed by atoms with van der Waals surface area (Å²) < 4.78 is 1.62. The summed E-state index contributed by atoms with van der Waals surface area (Å²) in [6.45, 7) is 7.04. The second kappa shape index (κ2) is 12.2. The molecular formula is C35H30ClN7O3. The molecule has 10 nitrogen and oxygen atoms in total. The molecule has 230 valence electrons. The SMILES string of the molecule is C=CC(=O)Nc1cc2c(cc1Cl)[nH]c(=O)n2N1CCN(Cc2ccc(-c3nc4cc[nH]c(=O)c4cc3-c3ccccc3)cc2)CC1. The molecule has 6 aromatic rings. The van der Waals surface area contributed by atoms with Crippen LogP contribution in [0.15, 0.2) is 107 Å². The molecule has 3 aromatic heterocycles. The summed E-state index contributed by atoms with van der Waals surface area (Å²) in [6, 6.07) is 25.5. The van der Waals surface area contributed by atoms with Gasteiger partial charge in [-0.25, -0.2) is 14.5 Å². The molecule has 0 saturated carbocycles. The van der Waals surface area contributed by atoms with Gasteiger partial charge in [-0.1, -0.05) is 72.8 Å². The minimum absolute atomic E-state index is 0.162. The highest BCUT2D eigenvalue weighted by molar-refractivity contribution is 6.34. The summed E-state index contributed by atoms with van der Waals surface area (Å²) in [5, 5.41) is 5.59. The lowest BCUT2D eigenvalue weighted by Crippen LogP contribution is -2.53. The third kappa shape index (κ3) is 5.60. The Hall–Kier alpha value is -5.45. The Morgan fingerprint density at radius 3 is 2.46 bits per heavy atom. The van der Waals surface area contributed by atoms with E-state index in [9.17, 15) is 14.4 Å². The van der Waals surface area contributed by atoms with Crippen LogP contribution in [0.5, 0.6) is 0 Å². The molecule has 46 heavy (non-hydrogen) atoms. The van der Waals surface area contributed by atoms with Crippen molar-refractivity contribution < 1.29 is 4.79 Å². The van der Waals surface area contributed by atoms with Crippen molar-refractivity contribution in [3.63, 3.8) is 0 Å². The lowest BCUT2D eigenvalue weighted by atomic mass is 9.97. The Labute approximate surface area is 268 Å². The van der Waals surface area contributed by atoms with E-state index in [4.69, 9.17) is 16.6 Å². The van der Waals surface area contributed by atoms with Gasteiger partial charge in [0.15, 0.2) is 0 Å². The molecule has 11 heteroatoms. The van der Waals surface area contributed by atoms with Crippen LogP contribution in [0.4, 0.5) is 5.69 Å². The topological polar surface area (TPSA) is 119 Å². The molecule has 1 saturated heterocycles. The normalized spacial score (nSPS) is 13.7. The number of aromatic amines is 2. The van der Waals surface area contributed by atoms with Gasteiger partial charge in [0.25, 0.3) is 5.56 Å². The number of hydrogen-bond acceptors (Lipinski definition) is 6. The fourth-order valence-corrected chi connectivity index (χ4v) is 6.18. The minimum Gasteiger partial charge on any atom is -0.328 e. The van der Waals surface area contributed by atoms with Gasteiger partial charge in [0.05, 0.1) is 38.3 Å².